The van der Waals surface area contributed by atoms with Gasteiger partial charge in [-0.2, -0.15) is 0 Å². The Bertz CT molecular complexity index is 508. The molecule has 0 aromatic rings. The van der Waals surface area contributed by atoms with Gasteiger partial charge in [-0.05, 0) is 39.2 Å². The highest BCUT2D eigenvalue weighted by atomic mass is 28.3. The molecule has 1 aliphatic rings. The number of hydrogen-bond acceptors (Lipinski definition) is 2. The van der Waals surface area contributed by atoms with Gasteiger partial charge in [0.05, 0.1) is 6.04 Å². The van der Waals surface area contributed by atoms with E-state index >= 15 is 0 Å². The fraction of sp³-hybridized carbons (Fsp3) is 0.905. The predicted octanol–water partition coefficient (Wildman–Crippen LogP) is 5.08. The first-order chi connectivity index (χ1) is 12.8. The third-order valence-electron chi connectivity index (χ3n) is 5.51. The third-order valence-corrected chi connectivity index (χ3v) is 7.24. The predicted molar refractivity (Wildman–Crippen MR) is 119 cm³/mol. The summed E-state index contributed by atoms with van der Waals surface area (Å²) >= 11 is 0. The van der Waals surface area contributed by atoms with E-state index in [2.05, 4.69) is 25.0 Å². The molecule has 1 rings (SSSR count). The number of nitrogens with one attached hydrogen (secondary N) is 1. The minimum atomic E-state index is -1.34. The van der Waals surface area contributed by atoms with Gasteiger partial charge in [0.25, 0.3) is 0 Å². The molecule has 0 bridgehead atoms. The molecule has 1 aliphatic carbocycles. The Balaban J connectivity index is 2.90. The van der Waals surface area contributed by atoms with Crippen molar-refractivity contribution in [2.24, 2.45) is 5.92 Å². The molecule has 0 unspecified atom stereocenters. The van der Waals surface area contributed by atoms with E-state index in [-0.39, 0.29) is 17.6 Å². The van der Waals surface area contributed by atoms with Crippen LogP contribution in [-0.2, 0) is 0 Å². The normalized spacial score (nSPS) is 17.1. The highest BCUT2D eigenvalue weighted by Crippen LogP contribution is 2.29. The van der Waals surface area contributed by atoms with Crippen molar-refractivity contribution in [2.45, 2.75) is 96.6 Å². The highest BCUT2D eigenvalue weighted by Gasteiger charge is 2.30. The molecular weight excluding hydrogens is 370 g/mol. The molecule has 1 saturated carbocycles. The molecule has 6 nitrogen and oxygen atoms in total. The molecule has 0 aliphatic heterocycles. The fourth-order valence-electron chi connectivity index (χ4n) is 3.73. The van der Waals surface area contributed by atoms with E-state index in [1.54, 1.807) is 4.90 Å². The Hall–Kier alpha value is -1.24. The minimum Gasteiger partial charge on any atom is -0.465 e. The maximum absolute atomic E-state index is 12.8. The number of carbonyl (C=O) groups is 2. The zero-order valence-electron chi connectivity index (χ0n) is 19.2. The second kappa shape index (κ2) is 10.5. The lowest BCUT2D eigenvalue weighted by Crippen LogP contribution is -2.54. The van der Waals surface area contributed by atoms with E-state index in [1.807, 2.05) is 27.8 Å². The molecule has 1 fully saturated rings. The van der Waals surface area contributed by atoms with Gasteiger partial charge >= 0.3 is 12.1 Å². The van der Waals surface area contributed by atoms with Gasteiger partial charge in [0.2, 0.25) is 0 Å². The van der Waals surface area contributed by atoms with Gasteiger partial charge < -0.3 is 20.2 Å². The summed E-state index contributed by atoms with van der Waals surface area (Å²) in [5.74, 6) is 0.580. The monoisotopic (exact) mass is 413 g/mol. The van der Waals surface area contributed by atoms with Gasteiger partial charge in [-0.15, -0.1) is 0 Å². The van der Waals surface area contributed by atoms with Gasteiger partial charge in [-0.25, -0.2) is 9.59 Å². The Labute approximate surface area is 173 Å². The average Bonchev–Trinajstić information content (AvgIpc) is 2.55. The van der Waals surface area contributed by atoms with Gasteiger partial charge in [0.15, 0.2) is 0 Å². The molecule has 0 aromatic carbocycles. The van der Waals surface area contributed by atoms with Crippen molar-refractivity contribution >= 4 is 20.2 Å². The average molecular weight is 414 g/mol. The molecule has 0 aromatic heterocycles. The van der Waals surface area contributed by atoms with Crippen molar-refractivity contribution in [2.75, 3.05) is 20.1 Å². The first kappa shape index (κ1) is 24.8. The van der Waals surface area contributed by atoms with Crippen LogP contribution in [0.3, 0.4) is 0 Å². The summed E-state index contributed by atoms with van der Waals surface area (Å²) in [5.41, 5.74) is -0.314. The lowest BCUT2D eigenvalue weighted by Gasteiger charge is -2.37. The zero-order valence-corrected chi connectivity index (χ0v) is 20.2. The number of carboxylic acid groups (broad SMARTS) is 1. The molecule has 164 valence electrons. The van der Waals surface area contributed by atoms with Crippen LogP contribution in [0.1, 0.15) is 59.3 Å². The van der Waals surface area contributed by atoms with Crippen LogP contribution in [0.4, 0.5) is 9.59 Å². The van der Waals surface area contributed by atoms with Gasteiger partial charge in [-0.1, -0.05) is 51.7 Å². The van der Waals surface area contributed by atoms with E-state index in [4.69, 9.17) is 0 Å². The summed E-state index contributed by atoms with van der Waals surface area (Å²) in [6.45, 7) is 13.6. The molecule has 0 radical (unpaired) electrons. The topological polar surface area (TPSA) is 72.9 Å². The molecule has 2 N–H and O–H groups in total. The summed E-state index contributed by atoms with van der Waals surface area (Å²) in [5, 5.41) is 12.8. The second-order valence-electron chi connectivity index (χ2n) is 10.7. The number of likely N-dealkylation sites (N-methyl/N-ethyl adjacent to an activating group) is 1. The Kier molecular flexibility index (Phi) is 9.31. The molecular formula is C21H43N3O3Si. The molecule has 0 heterocycles. The van der Waals surface area contributed by atoms with Crippen LogP contribution in [0.15, 0.2) is 0 Å². The summed E-state index contributed by atoms with van der Waals surface area (Å²) in [4.78, 5) is 27.9. The number of nitrogens with zero attached hydrogens (tertiary/aromatic N) is 2. The standard InChI is InChI=1S/C21H43N3O3Si/c1-21(2,3)22-19(25)23(4)18(15-17-11-9-8-10-12-17)16-24(20(26)27)13-14-28(5,6)7/h17-18H,8-16H2,1-7H3,(H,22,25)(H,26,27)/t18-/m1/s1. The van der Waals surface area contributed by atoms with Crippen molar-refractivity contribution in [1.82, 2.24) is 15.1 Å². The number of rotatable bonds is 8. The van der Waals surface area contributed by atoms with Crippen LogP contribution in [0.25, 0.3) is 0 Å². The van der Waals surface area contributed by atoms with Crippen LogP contribution in [0.5, 0.6) is 0 Å². The van der Waals surface area contributed by atoms with Crippen molar-refractivity contribution in [3.05, 3.63) is 0 Å². The van der Waals surface area contributed by atoms with E-state index in [9.17, 15) is 14.7 Å². The van der Waals surface area contributed by atoms with Crippen LogP contribution < -0.4 is 5.32 Å². The van der Waals surface area contributed by atoms with Crippen LogP contribution in [-0.4, -0.2) is 66.8 Å². The number of urea groups is 1. The van der Waals surface area contributed by atoms with E-state index in [0.717, 1.165) is 12.5 Å². The van der Waals surface area contributed by atoms with Gasteiger partial charge in [-0.3, -0.25) is 0 Å². The van der Waals surface area contributed by atoms with Crippen molar-refractivity contribution < 1.29 is 14.7 Å². The maximum Gasteiger partial charge on any atom is 0.407 e. The summed E-state index contributed by atoms with van der Waals surface area (Å²) in [6, 6.07) is 0.722. The molecule has 28 heavy (non-hydrogen) atoms. The Morgan fingerprint density at radius 2 is 1.71 bits per heavy atom. The summed E-state index contributed by atoms with van der Waals surface area (Å²) in [6.07, 6.45) is 6.15. The molecule has 1 atom stereocenters. The fourth-order valence-corrected chi connectivity index (χ4v) is 4.67. The lowest BCUT2D eigenvalue weighted by molar-refractivity contribution is 0.115. The van der Waals surface area contributed by atoms with E-state index in [1.165, 1.54) is 37.0 Å². The van der Waals surface area contributed by atoms with Crippen LogP contribution in [0.2, 0.25) is 25.7 Å². The number of carbonyl (C=O) groups excluding carboxylic acids is 1. The lowest BCUT2D eigenvalue weighted by atomic mass is 9.84. The summed E-state index contributed by atoms with van der Waals surface area (Å²) < 4.78 is 0. The second-order valence-corrected chi connectivity index (χ2v) is 16.3. The molecule has 7 heteroatoms. The van der Waals surface area contributed by atoms with Crippen molar-refractivity contribution in [3.8, 4) is 0 Å². The number of hydrogen-bond donors (Lipinski definition) is 2. The smallest absolute Gasteiger partial charge is 0.407 e. The van der Waals surface area contributed by atoms with Crippen LogP contribution in [0, 0.1) is 5.92 Å². The highest BCUT2D eigenvalue weighted by molar-refractivity contribution is 6.76. The van der Waals surface area contributed by atoms with Crippen LogP contribution >= 0.6 is 0 Å². The van der Waals surface area contributed by atoms with E-state index in [0.29, 0.717) is 19.0 Å². The van der Waals surface area contributed by atoms with E-state index < -0.39 is 14.2 Å². The minimum absolute atomic E-state index is 0.0943. The molecule has 0 spiro atoms. The molecule has 3 amide bonds. The SMILES string of the molecule is CN(C(=O)NC(C)(C)C)[C@H](CC1CCCCC1)CN(CC[Si](C)(C)C)C(=O)O. The largest absolute Gasteiger partial charge is 0.465 e. The maximum atomic E-state index is 12.8. The Morgan fingerprint density at radius 1 is 1.14 bits per heavy atom. The zero-order chi connectivity index (χ0) is 21.5. The van der Waals surface area contributed by atoms with Crippen molar-refractivity contribution in [1.29, 1.82) is 0 Å². The van der Waals surface area contributed by atoms with Gasteiger partial charge in [0, 0.05) is 33.7 Å². The number of amides is 3. The quantitative estimate of drug-likeness (QED) is 0.545. The summed E-state index contributed by atoms with van der Waals surface area (Å²) in [7, 11) is 0.475. The first-order valence-corrected chi connectivity index (χ1v) is 14.5. The first-order valence-electron chi connectivity index (χ1n) is 10.8. The van der Waals surface area contributed by atoms with Gasteiger partial charge in [0.1, 0.15) is 0 Å². The van der Waals surface area contributed by atoms with Crippen molar-refractivity contribution in [3.63, 3.8) is 0 Å². The Morgan fingerprint density at radius 3 is 2.18 bits per heavy atom. The third kappa shape index (κ3) is 9.80. The molecule has 0 saturated heterocycles.